The summed E-state index contributed by atoms with van der Waals surface area (Å²) in [6.45, 7) is 6.24. The zero-order valence-corrected chi connectivity index (χ0v) is 12.3. The SMILES string of the molecule is CC1(C)OCCC=C1C#CCCOCc1ccccc1. The maximum absolute atomic E-state index is 5.71. The fraction of sp³-hybridized carbons (Fsp3) is 0.444. The first-order valence-corrected chi connectivity index (χ1v) is 7.13. The fourth-order valence-electron chi connectivity index (χ4n) is 2.09. The Kier molecular flexibility index (Phi) is 5.40. The van der Waals surface area contributed by atoms with Gasteiger partial charge in [-0.15, -0.1) is 0 Å². The van der Waals surface area contributed by atoms with Crippen LogP contribution in [-0.2, 0) is 16.1 Å². The summed E-state index contributed by atoms with van der Waals surface area (Å²) in [5.41, 5.74) is 2.05. The molecule has 0 spiro atoms. The predicted molar refractivity (Wildman–Crippen MR) is 81.2 cm³/mol. The highest BCUT2D eigenvalue weighted by Crippen LogP contribution is 2.24. The summed E-state index contributed by atoms with van der Waals surface area (Å²) in [6.07, 6.45) is 3.89. The lowest BCUT2D eigenvalue weighted by atomic mass is 9.95. The fourth-order valence-corrected chi connectivity index (χ4v) is 2.09. The summed E-state index contributed by atoms with van der Waals surface area (Å²) in [5.74, 6) is 6.39. The van der Waals surface area contributed by atoms with Crippen LogP contribution in [0.25, 0.3) is 0 Å². The third-order valence-corrected chi connectivity index (χ3v) is 3.28. The molecule has 0 aromatic heterocycles. The highest BCUT2D eigenvalue weighted by molar-refractivity contribution is 5.36. The third-order valence-electron chi connectivity index (χ3n) is 3.28. The molecule has 0 amide bonds. The van der Waals surface area contributed by atoms with Crippen LogP contribution in [-0.4, -0.2) is 18.8 Å². The van der Waals surface area contributed by atoms with E-state index in [9.17, 15) is 0 Å². The Morgan fingerprint density at radius 1 is 1.25 bits per heavy atom. The Morgan fingerprint density at radius 3 is 2.80 bits per heavy atom. The van der Waals surface area contributed by atoms with E-state index in [1.165, 1.54) is 5.56 Å². The molecule has 0 N–H and O–H groups in total. The molecule has 0 bridgehead atoms. The summed E-state index contributed by atoms with van der Waals surface area (Å²) >= 11 is 0. The van der Waals surface area contributed by atoms with E-state index in [-0.39, 0.29) is 5.60 Å². The lowest BCUT2D eigenvalue weighted by Crippen LogP contribution is -2.30. The minimum atomic E-state index is -0.240. The minimum Gasteiger partial charge on any atom is -0.376 e. The second kappa shape index (κ2) is 7.28. The molecule has 106 valence electrons. The van der Waals surface area contributed by atoms with E-state index in [1.807, 2.05) is 18.2 Å². The summed E-state index contributed by atoms with van der Waals surface area (Å²) in [7, 11) is 0. The van der Waals surface area contributed by atoms with Gasteiger partial charge in [0.2, 0.25) is 0 Å². The molecule has 0 fully saturated rings. The monoisotopic (exact) mass is 270 g/mol. The number of benzene rings is 1. The van der Waals surface area contributed by atoms with Crippen LogP contribution in [0, 0.1) is 11.8 Å². The summed E-state index contributed by atoms with van der Waals surface area (Å²) in [6, 6.07) is 10.2. The first-order chi connectivity index (χ1) is 9.68. The topological polar surface area (TPSA) is 18.5 Å². The van der Waals surface area contributed by atoms with E-state index >= 15 is 0 Å². The number of ether oxygens (including phenoxy) is 2. The first kappa shape index (κ1) is 14.8. The molecule has 0 atom stereocenters. The van der Waals surface area contributed by atoms with Crippen molar-refractivity contribution >= 4 is 0 Å². The molecule has 1 aliphatic rings. The van der Waals surface area contributed by atoms with Crippen molar-refractivity contribution in [1.29, 1.82) is 0 Å². The molecule has 2 heteroatoms. The minimum absolute atomic E-state index is 0.240. The van der Waals surface area contributed by atoms with Gasteiger partial charge in [-0.25, -0.2) is 0 Å². The smallest absolute Gasteiger partial charge is 0.0949 e. The summed E-state index contributed by atoms with van der Waals surface area (Å²) < 4.78 is 11.3. The van der Waals surface area contributed by atoms with Gasteiger partial charge in [0.05, 0.1) is 25.4 Å². The Hall–Kier alpha value is -1.56. The molecule has 2 rings (SSSR count). The van der Waals surface area contributed by atoms with Gasteiger partial charge >= 0.3 is 0 Å². The lowest BCUT2D eigenvalue weighted by molar-refractivity contribution is 0.00774. The molecule has 0 saturated carbocycles. The van der Waals surface area contributed by atoms with E-state index in [2.05, 4.69) is 43.9 Å². The van der Waals surface area contributed by atoms with Crippen molar-refractivity contribution in [3.63, 3.8) is 0 Å². The summed E-state index contributed by atoms with van der Waals surface area (Å²) in [5, 5.41) is 0. The highest BCUT2D eigenvalue weighted by atomic mass is 16.5. The molecule has 1 aromatic carbocycles. The second-order valence-corrected chi connectivity index (χ2v) is 5.36. The van der Waals surface area contributed by atoms with E-state index in [0.29, 0.717) is 13.2 Å². The van der Waals surface area contributed by atoms with Gasteiger partial charge in [0, 0.05) is 12.0 Å². The van der Waals surface area contributed by atoms with E-state index in [1.54, 1.807) is 0 Å². The summed E-state index contributed by atoms with van der Waals surface area (Å²) in [4.78, 5) is 0. The molecule has 0 unspecified atom stereocenters. The molecule has 1 aliphatic heterocycles. The van der Waals surface area contributed by atoms with E-state index in [0.717, 1.165) is 25.0 Å². The second-order valence-electron chi connectivity index (χ2n) is 5.36. The number of hydrogen-bond donors (Lipinski definition) is 0. The van der Waals surface area contributed by atoms with Gasteiger partial charge in [-0.3, -0.25) is 0 Å². The Balaban J connectivity index is 1.71. The van der Waals surface area contributed by atoms with Crippen LogP contribution in [0.1, 0.15) is 32.3 Å². The predicted octanol–water partition coefficient (Wildman–Crippen LogP) is 3.72. The quantitative estimate of drug-likeness (QED) is 0.613. The van der Waals surface area contributed by atoms with Crippen molar-refractivity contribution in [3.8, 4) is 11.8 Å². The van der Waals surface area contributed by atoms with Gasteiger partial charge in [-0.2, -0.15) is 0 Å². The van der Waals surface area contributed by atoms with Crippen LogP contribution in [0.2, 0.25) is 0 Å². The van der Waals surface area contributed by atoms with E-state index < -0.39 is 0 Å². The third kappa shape index (κ3) is 4.52. The molecule has 1 aromatic rings. The van der Waals surface area contributed by atoms with Crippen molar-refractivity contribution in [2.24, 2.45) is 0 Å². The zero-order chi connectivity index (χ0) is 14.3. The average Bonchev–Trinajstić information content (AvgIpc) is 2.45. The average molecular weight is 270 g/mol. The van der Waals surface area contributed by atoms with Crippen LogP contribution in [0.3, 0.4) is 0 Å². The van der Waals surface area contributed by atoms with Crippen molar-refractivity contribution in [2.75, 3.05) is 13.2 Å². The zero-order valence-electron chi connectivity index (χ0n) is 12.3. The molecule has 2 nitrogen and oxygen atoms in total. The normalized spacial score (nSPS) is 17.0. The van der Waals surface area contributed by atoms with Crippen molar-refractivity contribution in [3.05, 3.63) is 47.5 Å². The van der Waals surface area contributed by atoms with Crippen LogP contribution < -0.4 is 0 Å². The van der Waals surface area contributed by atoms with Gasteiger partial charge in [0.15, 0.2) is 0 Å². The molecule has 0 radical (unpaired) electrons. The van der Waals surface area contributed by atoms with Crippen molar-refractivity contribution in [1.82, 2.24) is 0 Å². The van der Waals surface area contributed by atoms with E-state index in [4.69, 9.17) is 9.47 Å². The molecular formula is C18H22O2. The van der Waals surface area contributed by atoms with Crippen molar-refractivity contribution < 1.29 is 9.47 Å². The number of rotatable bonds is 4. The molecular weight excluding hydrogens is 248 g/mol. The van der Waals surface area contributed by atoms with Gasteiger partial charge < -0.3 is 9.47 Å². The number of hydrogen-bond acceptors (Lipinski definition) is 2. The first-order valence-electron chi connectivity index (χ1n) is 7.13. The molecule has 0 saturated heterocycles. The van der Waals surface area contributed by atoms with Crippen LogP contribution >= 0.6 is 0 Å². The Bertz CT molecular complexity index is 503. The van der Waals surface area contributed by atoms with Crippen molar-refractivity contribution in [2.45, 2.75) is 38.9 Å². The van der Waals surface area contributed by atoms with Gasteiger partial charge in [-0.05, 0) is 25.8 Å². The van der Waals surface area contributed by atoms with Crippen LogP contribution in [0.15, 0.2) is 42.0 Å². The molecule has 1 heterocycles. The molecule has 20 heavy (non-hydrogen) atoms. The van der Waals surface area contributed by atoms with Gasteiger partial charge in [-0.1, -0.05) is 48.2 Å². The standard InChI is InChI=1S/C18H22O2/c1-18(2)17(12-8-14-20-18)11-6-7-13-19-15-16-9-4-3-5-10-16/h3-5,9-10,12H,7-8,13-15H2,1-2H3. The Morgan fingerprint density at radius 2 is 2.05 bits per heavy atom. The van der Waals surface area contributed by atoms with Gasteiger partial charge in [0.1, 0.15) is 0 Å². The Labute approximate surface area is 121 Å². The van der Waals surface area contributed by atoms with Crippen LogP contribution in [0.5, 0.6) is 0 Å². The maximum atomic E-state index is 5.71. The largest absolute Gasteiger partial charge is 0.376 e. The molecule has 0 aliphatic carbocycles. The lowest BCUT2D eigenvalue weighted by Gasteiger charge is -2.29. The van der Waals surface area contributed by atoms with Crippen LogP contribution in [0.4, 0.5) is 0 Å². The highest BCUT2D eigenvalue weighted by Gasteiger charge is 2.25. The maximum Gasteiger partial charge on any atom is 0.0949 e. The van der Waals surface area contributed by atoms with Gasteiger partial charge in [0.25, 0.3) is 0 Å².